The van der Waals surface area contributed by atoms with Crippen LogP contribution in [0, 0.1) is 0 Å². The number of H-pyrrole nitrogens is 1. The van der Waals surface area contributed by atoms with Gasteiger partial charge in [-0.15, -0.1) is 0 Å². The molecule has 1 aromatic carbocycles. The zero-order valence-corrected chi connectivity index (χ0v) is 12.8. The molecular formula is C16H18N4O3. The molecule has 0 amide bonds. The summed E-state index contributed by atoms with van der Waals surface area (Å²) >= 11 is 0. The Morgan fingerprint density at radius 3 is 2.96 bits per heavy atom. The molecule has 0 fully saturated rings. The van der Waals surface area contributed by atoms with E-state index in [2.05, 4.69) is 15.0 Å². The molecule has 2 aromatic heterocycles. The van der Waals surface area contributed by atoms with Gasteiger partial charge in [-0.1, -0.05) is 24.3 Å². The molecule has 0 spiro atoms. The van der Waals surface area contributed by atoms with Crippen molar-refractivity contribution < 1.29 is 9.84 Å². The molecule has 2 N–H and O–H groups in total. The first-order chi connectivity index (χ1) is 11.2. The zero-order valence-electron chi connectivity index (χ0n) is 12.8. The van der Waals surface area contributed by atoms with Crippen LogP contribution in [0.4, 0.5) is 0 Å². The molecule has 2 heterocycles. The van der Waals surface area contributed by atoms with Crippen molar-refractivity contribution in [2.45, 2.75) is 19.6 Å². The molecule has 0 aliphatic rings. The van der Waals surface area contributed by atoms with E-state index >= 15 is 0 Å². The average Bonchev–Trinajstić information content (AvgIpc) is 2.90. The number of hydrogen-bond acceptors (Lipinski definition) is 5. The lowest BCUT2D eigenvalue weighted by atomic mass is 10.1. The Balaban J connectivity index is 2.02. The van der Waals surface area contributed by atoms with Crippen LogP contribution in [-0.2, 0) is 17.9 Å². The lowest BCUT2D eigenvalue weighted by Crippen LogP contribution is -2.17. The fourth-order valence-electron chi connectivity index (χ4n) is 2.54. The van der Waals surface area contributed by atoms with Gasteiger partial charge in [0.05, 0.1) is 18.5 Å². The highest BCUT2D eigenvalue weighted by atomic mass is 16.5. The van der Waals surface area contributed by atoms with Crippen LogP contribution in [0.2, 0.25) is 0 Å². The van der Waals surface area contributed by atoms with Crippen molar-refractivity contribution >= 4 is 11.3 Å². The van der Waals surface area contributed by atoms with Gasteiger partial charge in [-0.2, -0.15) is 0 Å². The predicted octanol–water partition coefficient (Wildman–Crippen LogP) is 1.32. The van der Waals surface area contributed by atoms with Crippen molar-refractivity contribution in [1.82, 2.24) is 19.5 Å². The van der Waals surface area contributed by atoms with Gasteiger partial charge >= 0.3 is 5.69 Å². The van der Waals surface area contributed by atoms with E-state index in [0.29, 0.717) is 30.1 Å². The maximum Gasteiger partial charge on any atom is 0.328 e. The molecule has 0 aliphatic heterocycles. The van der Waals surface area contributed by atoms with Crippen LogP contribution in [-0.4, -0.2) is 38.3 Å². The van der Waals surface area contributed by atoms with Gasteiger partial charge < -0.3 is 9.84 Å². The third kappa shape index (κ3) is 3.01. The monoisotopic (exact) mass is 314 g/mol. The number of benzene rings is 1. The van der Waals surface area contributed by atoms with E-state index in [1.165, 1.54) is 0 Å². The van der Waals surface area contributed by atoms with Gasteiger partial charge in [-0.25, -0.2) is 14.8 Å². The summed E-state index contributed by atoms with van der Waals surface area (Å²) in [4.78, 5) is 23.6. The molecule has 0 aliphatic carbocycles. The third-order valence-electron chi connectivity index (χ3n) is 3.67. The van der Waals surface area contributed by atoms with Gasteiger partial charge in [-0.05, 0) is 12.0 Å². The second-order valence-electron chi connectivity index (χ2n) is 5.17. The number of rotatable bonds is 6. The molecule has 0 atom stereocenters. The first-order valence-electron chi connectivity index (χ1n) is 7.38. The minimum Gasteiger partial charge on any atom is -0.392 e. The summed E-state index contributed by atoms with van der Waals surface area (Å²) in [6, 6.07) is 7.43. The molecule has 3 rings (SSSR count). The van der Waals surface area contributed by atoms with Crippen molar-refractivity contribution in [2.75, 3.05) is 13.7 Å². The number of nitrogens with one attached hydrogen (secondary N) is 1. The van der Waals surface area contributed by atoms with Crippen LogP contribution in [0.3, 0.4) is 0 Å². The van der Waals surface area contributed by atoms with Gasteiger partial charge in [0.1, 0.15) is 0 Å². The molecule has 3 aromatic rings. The van der Waals surface area contributed by atoms with E-state index < -0.39 is 0 Å². The summed E-state index contributed by atoms with van der Waals surface area (Å²) in [6.45, 7) is 1.02. The number of aliphatic hydroxyl groups is 1. The molecule has 120 valence electrons. The standard InChI is InChI=1S/C16H18N4O3/c1-23-8-4-7-20-15-14(19-16(20)22)18-13(9-17-15)12-6-3-2-5-11(12)10-21/h2-3,5-6,9,21H,4,7-8,10H2,1H3,(H,18,19,22). The van der Waals surface area contributed by atoms with Crippen LogP contribution >= 0.6 is 0 Å². The first kappa shape index (κ1) is 15.4. The second kappa shape index (κ2) is 6.72. The lowest BCUT2D eigenvalue weighted by molar-refractivity contribution is 0.190. The summed E-state index contributed by atoms with van der Waals surface area (Å²) in [7, 11) is 1.63. The van der Waals surface area contributed by atoms with Crippen LogP contribution in [0.25, 0.3) is 22.6 Å². The Kier molecular flexibility index (Phi) is 4.50. The van der Waals surface area contributed by atoms with Crippen LogP contribution in [0.5, 0.6) is 0 Å². The number of aromatic amines is 1. The summed E-state index contributed by atoms with van der Waals surface area (Å²) < 4.78 is 6.57. The summed E-state index contributed by atoms with van der Waals surface area (Å²) in [5, 5.41) is 9.44. The van der Waals surface area contributed by atoms with Gasteiger partial charge in [0, 0.05) is 25.8 Å². The normalized spacial score (nSPS) is 11.2. The van der Waals surface area contributed by atoms with Crippen LogP contribution in [0.1, 0.15) is 12.0 Å². The van der Waals surface area contributed by atoms with E-state index in [9.17, 15) is 9.90 Å². The van der Waals surface area contributed by atoms with E-state index in [4.69, 9.17) is 4.74 Å². The topological polar surface area (TPSA) is 93.0 Å². The van der Waals surface area contributed by atoms with Crippen molar-refractivity contribution in [1.29, 1.82) is 0 Å². The van der Waals surface area contributed by atoms with Gasteiger partial charge in [0.25, 0.3) is 0 Å². The summed E-state index contributed by atoms with van der Waals surface area (Å²) in [6.07, 6.45) is 2.34. The fourth-order valence-corrected chi connectivity index (χ4v) is 2.54. The van der Waals surface area contributed by atoms with Crippen molar-refractivity contribution in [3.63, 3.8) is 0 Å². The highest BCUT2D eigenvalue weighted by Crippen LogP contribution is 2.22. The molecule has 7 nitrogen and oxygen atoms in total. The number of aromatic nitrogens is 4. The van der Waals surface area contributed by atoms with Gasteiger partial charge in [-0.3, -0.25) is 9.55 Å². The maximum atomic E-state index is 12.1. The molecule has 7 heteroatoms. The number of methoxy groups -OCH3 is 1. The molecule has 23 heavy (non-hydrogen) atoms. The highest BCUT2D eigenvalue weighted by molar-refractivity contribution is 5.72. The molecule has 0 unspecified atom stereocenters. The number of aliphatic hydroxyl groups excluding tert-OH is 1. The lowest BCUT2D eigenvalue weighted by Gasteiger charge is -2.06. The Morgan fingerprint density at radius 2 is 2.17 bits per heavy atom. The molecule has 0 bridgehead atoms. The minimum absolute atomic E-state index is 0.0789. The SMILES string of the molecule is COCCCn1c(=O)[nH]c2nc(-c3ccccc3CO)cnc21. The fraction of sp³-hybridized carbons (Fsp3) is 0.312. The number of aryl methyl sites for hydroxylation is 1. The van der Waals surface area contributed by atoms with Gasteiger partial charge in [0.15, 0.2) is 11.3 Å². The molecule has 0 radical (unpaired) electrons. The van der Waals surface area contributed by atoms with Crippen LogP contribution in [0.15, 0.2) is 35.3 Å². The average molecular weight is 314 g/mol. The number of imidazole rings is 1. The summed E-state index contributed by atoms with van der Waals surface area (Å²) in [5.74, 6) is 0. The van der Waals surface area contributed by atoms with Crippen LogP contribution < -0.4 is 5.69 Å². The second-order valence-corrected chi connectivity index (χ2v) is 5.17. The number of nitrogens with zero attached hydrogens (tertiary/aromatic N) is 3. The largest absolute Gasteiger partial charge is 0.392 e. The Labute approximate surface area is 132 Å². The van der Waals surface area contributed by atoms with E-state index in [0.717, 1.165) is 17.5 Å². The molecule has 0 saturated carbocycles. The minimum atomic E-state index is -0.233. The first-order valence-corrected chi connectivity index (χ1v) is 7.38. The molecular weight excluding hydrogens is 296 g/mol. The Hall–Kier alpha value is -2.51. The Bertz CT molecular complexity index is 869. The van der Waals surface area contributed by atoms with E-state index in [1.54, 1.807) is 17.9 Å². The van der Waals surface area contributed by atoms with Crippen molar-refractivity contribution in [2.24, 2.45) is 0 Å². The highest BCUT2D eigenvalue weighted by Gasteiger charge is 2.12. The predicted molar refractivity (Wildman–Crippen MR) is 86.0 cm³/mol. The molecule has 0 saturated heterocycles. The van der Waals surface area contributed by atoms with E-state index in [1.807, 2.05) is 24.3 Å². The van der Waals surface area contributed by atoms with Gasteiger partial charge in [0.2, 0.25) is 0 Å². The smallest absolute Gasteiger partial charge is 0.328 e. The number of hydrogen-bond donors (Lipinski definition) is 2. The maximum absolute atomic E-state index is 12.1. The quantitative estimate of drug-likeness (QED) is 0.669. The third-order valence-corrected chi connectivity index (χ3v) is 3.67. The van der Waals surface area contributed by atoms with E-state index in [-0.39, 0.29) is 12.3 Å². The zero-order chi connectivity index (χ0) is 16.2. The Morgan fingerprint density at radius 1 is 1.35 bits per heavy atom. The number of fused-ring (bicyclic) bond motifs is 1. The summed E-state index contributed by atoms with van der Waals surface area (Å²) in [5.41, 5.74) is 2.92. The number of ether oxygens (including phenoxy) is 1. The van der Waals surface area contributed by atoms with Crippen molar-refractivity contribution in [3.05, 3.63) is 46.5 Å². The van der Waals surface area contributed by atoms with Crippen molar-refractivity contribution in [3.8, 4) is 11.3 Å².